The van der Waals surface area contributed by atoms with E-state index in [0.29, 0.717) is 18.7 Å². The van der Waals surface area contributed by atoms with Crippen molar-refractivity contribution < 1.29 is 15.0 Å². The smallest absolute Gasteiger partial charge is 0.257 e. The number of phenolic OH excluding ortho intramolecular Hbond substituents is 2. The van der Waals surface area contributed by atoms with Crippen molar-refractivity contribution in [1.82, 2.24) is 14.7 Å². The topological polar surface area (TPSA) is 67.3 Å². The molecule has 1 saturated heterocycles. The molecule has 1 aromatic rings. The van der Waals surface area contributed by atoms with Crippen LogP contribution in [0.4, 0.5) is 0 Å². The zero-order chi connectivity index (χ0) is 21.7. The molecule has 2 aliphatic heterocycles. The number of carbonyl (C=O) groups excluding carboxylic acids is 1. The summed E-state index contributed by atoms with van der Waals surface area (Å²) in [5, 5.41) is 20.3. The summed E-state index contributed by atoms with van der Waals surface area (Å²) in [5.41, 5.74) is 2.25. The molecule has 1 aromatic carbocycles. The molecule has 0 bridgehead atoms. The van der Waals surface area contributed by atoms with Crippen LogP contribution in [0.15, 0.2) is 35.9 Å². The highest BCUT2D eigenvalue weighted by Gasteiger charge is 2.22. The minimum atomic E-state index is -0.182. The van der Waals surface area contributed by atoms with E-state index in [9.17, 15) is 15.0 Å². The summed E-state index contributed by atoms with van der Waals surface area (Å²) in [4.78, 5) is 19.8. The molecule has 1 amide bonds. The number of likely N-dealkylation sites (N-methyl/N-ethyl adjacent to an activating group) is 1. The minimum Gasteiger partial charge on any atom is -0.508 e. The Hall–Kier alpha value is -2.31. The molecule has 30 heavy (non-hydrogen) atoms. The third-order valence-corrected chi connectivity index (χ3v) is 5.99. The van der Waals surface area contributed by atoms with Crippen LogP contribution in [0, 0.1) is 0 Å². The van der Waals surface area contributed by atoms with Crippen molar-refractivity contribution in [3.8, 4) is 11.5 Å². The molecule has 0 saturated carbocycles. The number of piperazine rings is 1. The first-order valence-corrected chi connectivity index (χ1v) is 11.0. The number of phenols is 2. The number of benzene rings is 1. The van der Waals surface area contributed by atoms with Gasteiger partial charge in [0.05, 0.1) is 5.56 Å². The molecule has 2 N–H and O–H groups in total. The van der Waals surface area contributed by atoms with E-state index < -0.39 is 0 Å². The number of aromatic hydroxyl groups is 2. The molecule has 6 heteroatoms. The molecule has 0 aromatic heterocycles. The van der Waals surface area contributed by atoms with Crippen molar-refractivity contribution in [2.45, 2.75) is 32.6 Å². The average molecular weight is 414 g/mol. The van der Waals surface area contributed by atoms with E-state index in [0.717, 1.165) is 45.6 Å². The Morgan fingerprint density at radius 2 is 1.70 bits per heavy atom. The molecule has 0 unspecified atom stereocenters. The van der Waals surface area contributed by atoms with Gasteiger partial charge in [0.15, 0.2) is 0 Å². The highest BCUT2D eigenvalue weighted by Crippen LogP contribution is 2.33. The van der Waals surface area contributed by atoms with Crippen LogP contribution in [0.1, 0.15) is 48.5 Å². The maximum absolute atomic E-state index is 13.1. The van der Waals surface area contributed by atoms with Crippen LogP contribution in [-0.4, -0.2) is 83.7 Å². The maximum Gasteiger partial charge on any atom is 0.257 e. The summed E-state index contributed by atoms with van der Waals surface area (Å²) in [7, 11) is 2.16. The first-order chi connectivity index (χ1) is 14.3. The Bertz CT molecular complexity index is 808. The van der Waals surface area contributed by atoms with E-state index in [1.54, 1.807) is 11.0 Å². The quantitative estimate of drug-likeness (QED) is 0.794. The average Bonchev–Trinajstić information content (AvgIpc) is 2.81. The van der Waals surface area contributed by atoms with Crippen LogP contribution in [0.2, 0.25) is 0 Å². The molecule has 164 valence electrons. The van der Waals surface area contributed by atoms with E-state index in [1.807, 2.05) is 13.8 Å². The van der Waals surface area contributed by atoms with Gasteiger partial charge in [-0.2, -0.15) is 0 Å². The Balaban J connectivity index is 1.68. The lowest BCUT2D eigenvalue weighted by molar-refractivity contribution is 0.0758. The Morgan fingerprint density at radius 1 is 1.00 bits per heavy atom. The van der Waals surface area contributed by atoms with Gasteiger partial charge in [-0.05, 0) is 43.0 Å². The van der Waals surface area contributed by atoms with Crippen molar-refractivity contribution in [3.63, 3.8) is 0 Å². The van der Waals surface area contributed by atoms with Crippen LogP contribution in [0.5, 0.6) is 11.5 Å². The lowest BCUT2D eigenvalue weighted by atomic mass is 9.98. The van der Waals surface area contributed by atoms with Gasteiger partial charge in [-0.3, -0.25) is 9.69 Å². The lowest BCUT2D eigenvalue weighted by Gasteiger charge is -2.32. The number of carbonyl (C=O) groups is 1. The summed E-state index contributed by atoms with van der Waals surface area (Å²) in [6.07, 6.45) is 8.14. The van der Waals surface area contributed by atoms with E-state index in [1.165, 1.54) is 11.6 Å². The molecular weight excluding hydrogens is 378 g/mol. The SMILES string of the molecule is CC(C)c1cc(C(=O)N2CC/C=C\C(CN3CCN(C)CC3)=C/CC2)c(O)cc1O. The fourth-order valence-corrected chi connectivity index (χ4v) is 4.03. The molecule has 0 radical (unpaired) electrons. The molecule has 0 atom stereocenters. The summed E-state index contributed by atoms with van der Waals surface area (Å²) in [6, 6.07) is 2.92. The second-order valence-corrected chi connectivity index (χ2v) is 8.71. The van der Waals surface area contributed by atoms with Crippen LogP contribution in [0.3, 0.4) is 0 Å². The zero-order valence-electron chi connectivity index (χ0n) is 18.5. The third kappa shape index (κ3) is 5.64. The first-order valence-electron chi connectivity index (χ1n) is 11.0. The van der Waals surface area contributed by atoms with Gasteiger partial charge in [-0.25, -0.2) is 0 Å². The number of hydrogen-bond acceptors (Lipinski definition) is 5. The van der Waals surface area contributed by atoms with Crippen LogP contribution < -0.4 is 0 Å². The summed E-state index contributed by atoms with van der Waals surface area (Å²) >= 11 is 0. The lowest BCUT2D eigenvalue weighted by Crippen LogP contribution is -2.44. The van der Waals surface area contributed by atoms with Crippen LogP contribution in [-0.2, 0) is 0 Å². The summed E-state index contributed by atoms with van der Waals surface area (Å²) in [6.45, 7) is 10.5. The van der Waals surface area contributed by atoms with E-state index in [-0.39, 0.29) is 28.9 Å². The number of rotatable bonds is 4. The monoisotopic (exact) mass is 413 g/mol. The van der Waals surface area contributed by atoms with Gasteiger partial charge < -0.3 is 20.0 Å². The van der Waals surface area contributed by atoms with E-state index in [2.05, 4.69) is 35.1 Å². The van der Waals surface area contributed by atoms with Crippen LogP contribution in [0.25, 0.3) is 0 Å². The second kappa shape index (κ2) is 10.1. The predicted molar refractivity (Wildman–Crippen MR) is 120 cm³/mol. The van der Waals surface area contributed by atoms with E-state index >= 15 is 0 Å². The van der Waals surface area contributed by atoms with Crippen molar-refractivity contribution in [3.05, 3.63) is 47.1 Å². The van der Waals surface area contributed by atoms with Gasteiger partial charge in [-0.1, -0.05) is 32.1 Å². The van der Waals surface area contributed by atoms with Gasteiger partial charge >= 0.3 is 0 Å². The number of amides is 1. The highest BCUT2D eigenvalue weighted by atomic mass is 16.3. The standard InChI is InChI=1S/C24H35N3O3/c1-18(2)20-15-21(23(29)16-22(20)28)24(30)27-9-5-4-7-19(8-6-10-27)17-26-13-11-25(3)12-14-26/h4,7-8,15-16,18,28-29H,5-6,9-14,17H2,1-3H3/b7-4-,19-8+. The second-order valence-electron chi connectivity index (χ2n) is 8.71. The highest BCUT2D eigenvalue weighted by molar-refractivity contribution is 5.97. The Labute approximate surface area is 180 Å². The van der Waals surface area contributed by atoms with Crippen molar-refractivity contribution in [1.29, 1.82) is 0 Å². The van der Waals surface area contributed by atoms with Crippen molar-refractivity contribution in [2.75, 3.05) is 52.9 Å². The van der Waals surface area contributed by atoms with Gasteiger partial charge in [0.25, 0.3) is 5.91 Å². The maximum atomic E-state index is 13.1. The third-order valence-electron chi connectivity index (χ3n) is 5.99. The van der Waals surface area contributed by atoms with E-state index in [4.69, 9.17) is 0 Å². The largest absolute Gasteiger partial charge is 0.508 e. The first kappa shape index (κ1) is 22.4. The minimum absolute atomic E-state index is 0.0305. The van der Waals surface area contributed by atoms with Gasteiger partial charge in [0.1, 0.15) is 11.5 Å². The Kier molecular flexibility index (Phi) is 7.56. The zero-order valence-corrected chi connectivity index (χ0v) is 18.5. The molecule has 0 spiro atoms. The molecular formula is C24H35N3O3. The number of nitrogens with zero attached hydrogens (tertiary/aromatic N) is 3. The molecule has 2 aliphatic rings. The number of hydrogen-bond donors (Lipinski definition) is 2. The fraction of sp³-hybridized carbons (Fsp3) is 0.542. The summed E-state index contributed by atoms with van der Waals surface area (Å²) < 4.78 is 0. The molecule has 2 heterocycles. The van der Waals surface area contributed by atoms with Crippen LogP contribution >= 0.6 is 0 Å². The molecule has 6 nitrogen and oxygen atoms in total. The molecule has 1 fully saturated rings. The van der Waals surface area contributed by atoms with Gasteiger partial charge in [0.2, 0.25) is 0 Å². The van der Waals surface area contributed by atoms with Crippen molar-refractivity contribution in [2.24, 2.45) is 0 Å². The van der Waals surface area contributed by atoms with Crippen molar-refractivity contribution >= 4 is 5.91 Å². The molecule has 0 aliphatic carbocycles. The summed E-state index contributed by atoms with van der Waals surface area (Å²) in [5.74, 6) is -0.249. The van der Waals surface area contributed by atoms with Gasteiger partial charge in [0, 0.05) is 51.9 Å². The fourth-order valence-electron chi connectivity index (χ4n) is 4.03. The molecule has 3 rings (SSSR count). The normalized spacial score (nSPS) is 22.1. The van der Waals surface area contributed by atoms with Gasteiger partial charge in [-0.15, -0.1) is 0 Å². The Morgan fingerprint density at radius 3 is 2.40 bits per heavy atom. The predicted octanol–water partition coefficient (Wildman–Crippen LogP) is 3.19.